The molecule has 176 valence electrons. The molecular weight excluding hydrogens is 467 g/mol. The van der Waals surface area contributed by atoms with Crippen molar-refractivity contribution in [3.63, 3.8) is 0 Å². The molecule has 1 atom stereocenters. The maximum atomic E-state index is 13.0. The molecule has 0 spiro atoms. The van der Waals surface area contributed by atoms with Crippen molar-refractivity contribution in [2.45, 2.75) is 25.7 Å². The summed E-state index contributed by atoms with van der Waals surface area (Å²) in [4.78, 5) is 19.7. The Bertz CT molecular complexity index is 1300. The number of hydrogen-bond acceptors (Lipinski definition) is 3. The monoisotopic (exact) mass is 494 g/mol. The van der Waals surface area contributed by atoms with E-state index in [0.717, 1.165) is 33.7 Å². The van der Waals surface area contributed by atoms with E-state index in [9.17, 15) is 4.79 Å². The first-order valence-electron chi connectivity index (χ1n) is 11.2. The third kappa shape index (κ3) is 5.37. The normalized spacial score (nSPS) is 12.0. The molecule has 0 saturated carbocycles. The Morgan fingerprint density at radius 3 is 2.59 bits per heavy atom. The predicted molar refractivity (Wildman–Crippen MR) is 140 cm³/mol. The summed E-state index contributed by atoms with van der Waals surface area (Å²) in [5, 5.41) is 4.27. The maximum Gasteiger partial charge on any atom is 0.221 e. The smallest absolute Gasteiger partial charge is 0.221 e. The van der Waals surface area contributed by atoms with Crippen LogP contribution < -0.4 is 10.2 Å². The number of amides is 1. The van der Waals surface area contributed by atoms with Crippen molar-refractivity contribution in [3.05, 3.63) is 99.4 Å². The highest BCUT2D eigenvalue weighted by Gasteiger charge is 2.22. The lowest BCUT2D eigenvalue weighted by atomic mass is 9.92. The van der Waals surface area contributed by atoms with Gasteiger partial charge in [-0.15, -0.1) is 0 Å². The van der Waals surface area contributed by atoms with Crippen molar-refractivity contribution in [2.24, 2.45) is 0 Å². The van der Waals surface area contributed by atoms with Gasteiger partial charge in [0.15, 0.2) is 0 Å². The van der Waals surface area contributed by atoms with Gasteiger partial charge in [0, 0.05) is 61.1 Å². The minimum Gasteiger partial charge on any atom is -0.378 e. The zero-order valence-electron chi connectivity index (χ0n) is 19.6. The summed E-state index contributed by atoms with van der Waals surface area (Å²) in [5.41, 5.74) is 6.14. The molecular formula is C27H28Cl2N4O. The lowest BCUT2D eigenvalue weighted by molar-refractivity contribution is -0.121. The van der Waals surface area contributed by atoms with Gasteiger partial charge in [0.25, 0.3) is 0 Å². The number of hydrogen-bond donors (Lipinski definition) is 1. The molecule has 34 heavy (non-hydrogen) atoms. The minimum absolute atomic E-state index is 0.0191. The summed E-state index contributed by atoms with van der Waals surface area (Å²) in [5.74, 6) is -0.151. The van der Waals surface area contributed by atoms with E-state index in [1.807, 2.05) is 57.7 Å². The van der Waals surface area contributed by atoms with Gasteiger partial charge in [0.1, 0.15) is 5.65 Å². The molecule has 0 bridgehead atoms. The largest absolute Gasteiger partial charge is 0.378 e. The van der Waals surface area contributed by atoms with Crippen molar-refractivity contribution >= 4 is 40.4 Å². The number of rotatable bonds is 8. The van der Waals surface area contributed by atoms with Crippen LogP contribution in [0.25, 0.3) is 5.65 Å². The zero-order valence-corrected chi connectivity index (χ0v) is 21.1. The van der Waals surface area contributed by atoms with Gasteiger partial charge in [-0.2, -0.15) is 0 Å². The summed E-state index contributed by atoms with van der Waals surface area (Å²) in [6.45, 7) is 2.54. The van der Waals surface area contributed by atoms with Crippen molar-refractivity contribution < 1.29 is 4.79 Å². The molecule has 0 radical (unpaired) electrons. The number of pyridine rings is 1. The highest BCUT2D eigenvalue weighted by Crippen LogP contribution is 2.30. The molecule has 0 aliphatic heterocycles. The number of nitrogens with zero attached hydrogens (tertiary/aromatic N) is 3. The van der Waals surface area contributed by atoms with E-state index in [2.05, 4.69) is 43.9 Å². The Labute approximate surface area is 210 Å². The first-order chi connectivity index (χ1) is 16.3. The number of benzene rings is 2. The number of nitrogens with one attached hydrogen (secondary N) is 1. The van der Waals surface area contributed by atoms with Gasteiger partial charge < -0.3 is 14.6 Å². The molecule has 0 saturated heterocycles. The van der Waals surface area contributed by atoms with Crippen LogP contribution in [0.3, 0.4) is 0 Å². The van der Waals surface area contributed by atoms with Gasteiger partial charge in [-0.1, -0.05) is 47.5 Å². The second-order valence-electron chi connectivity index (χ2n) is 8.65. The van der Waals surface area contributed by atoms with Gasteiger partial charge in [0.05, 0.1) is 5.69 Å². The number of anilines is 1. The number of aryl methyl sites for hydroxylation is 1. The molecule has 2 aromatic heterocycles. The summed E-state index contributed by atoms with van der Waals surface area (Å²) < 4.78 is 2.08. The molecule has 1 amide bonds. The molecule has 1 N–H and O–H groups in total. The lowest BCUT2D eigenvalue weighted by Gasteiger charge is -2.19. The van der Waals surface area contributed by atoms with Crippen LogP contribution in [0, 0.1) is 6.92 Å². The average Bonchev–Trinajstić information content (AvgIpc) is 3.24. The molecule has 1 unspecified atom stereocenters. The Hall–Kier alpha value is -3.02. The number of carbonyl (C=O) groups excluding carboxylic acids is 1. The SMILES string of the molecule is Cc1cccn2c(C(CC(=O)NCCc3ccc(Cl)cc3Cl)c3ccc(N(C)C)cc3)cnc12. The van der Waals surface area contributed by atoms with Gasteiger partial charge in [-0.25, -0.2) is 4.98 Å². The molecule has 0 fully saturated rings. The van der Waals surface area contributed by atoms with Gasteiger partial charge in [-0.05, 0) is 60.4 Å². The molecule has 0 aliphatic carbocycles. The van der Waals surface area contributed by atoms with Crippen LogP contribution in [0.5, 0.6) is 0 Å². The van der Waals surface area contributed by atoms with Crippen molar-refractivity contribution in [2.75, 3.05) is 25.5 Å². The van der Waals surface area contributed by atoms with Crippen molar-refractivity contribution in [3.8, 4) is 0 Å². The second-order valence-corrected chi connectivity index (χ2v) is 9.49. The van der Waals surface area contributed by atoms with Crippen LogP contribution in [-0.4, -0.2) is 35.9 Å². The van der Waals surface area contributed by atoms with Crippen LogP contribution in [-0.2, 0) is 11.2 Å². The Morgan fingerprint density at radius 2 is 1.88 bits per heavy atom. The molecule has 4 rings (SSSR count). The number of imidazole rings is 1. The standard InChI is InChI=1S/C27H28Cl2N4O/c1-18-5-4-14-33-25(17-31-27(18)33)23(19-7-10-22(11-8-19)32(2)3)16-26(34)30-13-12-20-6-9-21(28)15-24(20)29/h4-11,14-15,17,23H,12-13,16H2,1-3H3,(H,30,34). The molecule has 2 heterocycles. The van der Waals surface area contributed by atoms with E-state index in [1.165, 1.54) is 0 Å². The van der Waals surface area contributed by atoms with Gasteiger partial charge >= 0.3 is 0 Å². The zero-order chi connectivity index (χ0) is 24.2. The Kier molecular flexibility index (Phi) is 7.44. The molecule has 7 heteroatoms. The van der Waals surface area contributed by atoms with Crippen LogP contribution >= 0.6 is 23.2 Å². The van der Waals surface area contributed by atoms with E-state index in [4.69, 9.17) is 23.2 Å². The van der Waals surface area contributed by atoms with E-state index < -0.39 is 0 Å². The summed E-state index contributed by atoms with van der Waals surface area (Å²) in [6.07, 6.45) is 4.84. The molecule has 4 aromatic rings. The molecule has 0 aliphatic rings. The van der Waals surface area contributed by atoms with Crippen molar-refractivity contribution in [1.82, 2.24) is 14.7 Å². The highest BCUT2D eigenvalue weighted by molar-refractivity contribution is 6.35. The Balaban J connectivity index is 1.55. The predicted octanol–water partition coefficient (Wildman–Crippen LogP) is 5.90. The minimum atomic E-state index is -0.132. The number of halogens is 2. The van der Waals surface area contributed by atoms with Crippen LogP contribution in [0.15, 0.2) is 67.0 Å². The second kappa shape index (κ2) is 10.5. The van der Waals surface area contributed by atoms with E-state index in [1.54, 1.807) is 6.07 Å². The first kappa shape index (κ1) is 24.1. The van der Waals surface area contributed by atoms with Crippen LogP contribution in [0.2, 0.25) is 10.0 Å². The topological polar surface area (TPSA) is 49.6 Å². The Morgan fingerprint density at radius 1 is 1.12 bits per heavy atom. The number of aromatic nitrogens is 2. The third-order valence-electron chi connectivity index (χ3n) is 6.05. The fraction of sp³-hybridized carbons (Fsp3) is 0.259. The summed E-state index contributed by atoms with van der Waals surface area (Å²) >= 11 is 12.2. The number of carbonyl (C=O) groups is 1. The van der Waals surface area contributed by atoms with Crippen molar-refractivity contribution in [1.29, 1.82) is 0 Å². The van der Waals surface area contributed by atoms with Gasteiger partial charge in [0.2, 0.25) is 5.91 Å². The maximum absolute atomic E-state index is 13.0. The lowest BCUT2D eigenvalue weighted by Crippen LogP contribution is -2.27. The third-order valence-corrected chi connectivity index (χ3v) is 6.64. The van der Waals surface area contributed by atoms with E-state index in [-0.39, 0.29) is 11.8 Å². The number of fused-ring (bicyclic) bond motifs is 1. The highest BCUT2D eigenvalue weighted by atomic mass is 35.5. The van der Waals surface area contributed by atoms with Crippen LogP contribution in [0.4, 0.5) is 5.69 Å². The first-order valence-corrected chi connectivity index (χ1v) is 12.0. The van der Waals surface area contributed by atoms with Gasteiger partial charge in [-0.3, -0.25) is 4.79 Å². The quantitative estimate of drug-likeness (QED) is 0.331. The molecule has 5 nitrogen and oxygen atoms in total. The van der Waals surface area contributed by atoms with E-state index in [0.29, 0.717) is 29.4 Å². The average molecular weight is 495 g/mol. The summed E-state index contributed by atoms with van der Waals surface area (Å²) in [7, 11) is 4.03. The van der Waals surface area contributed by atoms with E-state index >= 15 is 0 Å². The fourth-order valence-electron chi connectivity index (χ4n) is 4.14. The molecule has 2 aromatic carbocycles. The summed E-state index contributed by atoms with van der Waals surface area (Å²) in [6, 6.07) is 17.8. The fourth-order valence-corrected chi connectivity index (χ4v) is 4.65. The van der Waals surface area contributed by atoms with Crippen LogP contribution in [0.1, 0.15) is 34.7 Å².